The summed E-state index contributed by atoms with van der Waals surface area (Å²) in [6.07, 6.45) is 4.79. The smallest absolute Gasteiger partial charge is 0.0644 e. The molecule has 0 amide bonds. The zero-order valence-electron chi connectivity index (χ0n) is 7.30. The van der Waals surface area contributed by atoms with E-state index in [2.05, 4.69) is 19.9 Å². The van der Waals surface area contributed by atoms with Gasteiger partial charge >= 0.3 is 0 Å². The number of aliphatic hydroxyl groups is 1. The Balaban J connectivity index is 2.11. The predicted octanol–water partition coefficient (Wildman–Crippen LogP) is 1.97. The summed E-state index contributed by atoms with van der Waals surface area (Å²) in [5.74, 6) is 1.53. The SMILES string of the molecule is CC(C)[C@]12CC=C(CO)[C@H]1C2. The van der Waals surface area contributed by atoms with Gasteiger partial charge in [-0.2, -0.15) is 0 Å². The van der Waals surface area contributed by atoms with Crippen LogP contribution in [0.4, 0.5) is 0 Å². The van der Waals surface area contributed by atoms with Gasteiger partial charge in [0.05, 0.1) is 6.61 Å². The van der Waals surface area contributed by atoms with Gasteiger partial charge in [-0.15, -0.1) is 0 Å². The van der Waals surface area contributed by atoms with Gasteiger partial charge in [0.25, 0.3) is 0 Å². The first-order valence-corrected chi connectivity index (χ1v) is 4.50. The zero-order chi connectivity index (χ0) is 8.06. The second kappa shape index (κ2) is 2.10. The molecule has 0 aromatic rings. The van der Waals surface area contributed by atoms with E-state index >= 15 is 0 Å². The molecule has 62 valence electrons. The molecule has 1 nitrogen and oxygen atoms in total. The van der Waals surface area contributed by atoms with E-state index in [9.17, 15) is 0 Å². The average molecular weight is 152 g/mol. The third-order valence-corrected chi connectivity index (χ3v) is 3.64. The van der Waals surface area contributed by atoms with E-state index in [0.717, 1.165) is 11.8 Å². The first-order chi connectivity index (χ1) is 5.20. The van der Waals surface area contributed by atoms with Crippen molar-refractivity contribution in [3.8, 4) is 0 Å². The molecule has 2 rings (SSSR count). The van der Waals surface area contributed by atoms with Crippen LogP contribution < -0.4 is 0 Å². The summed E-state index contributed by atoms with van der Waals surface area (Å²) in [7, 11) is 0. The summed E-state index contributed by atoms with van der Waals surface area (Å²) >= 11 is 0. The third kappa shape index (κ3) is 0.807. The fourth-order valence-electron chi connectivity index (χ4n) is 2.56. The average Bonchev–Trinajstić information content (AvgIpc) is 2.61. The summed E-state index contributed by atoms with van der Waals surface area (Å²) in [5, 5.41) is 8.99. The molecule has 0 aromatic heterocycles. The van der Waals surface area contributed by atoms with Crippen LogP contribution in [0.5, 0.6) is 0 Å². The Hall–Kier alpha value is -0.300. The van der Waals surface area contributed by atoms with Gasteiger partial charge in [-0.05, 0) is 35.7 Å². The Morgan fingerprint density at radius 3 is 2.73 bits per heavy atom. The van der Waals surface area contributed by atoms with Crippen molar-refractivity contribution in [2.45, 2.75) is 26.7 Å². The van der Waals surface area contributed by atoms with Crippen molar-refractivity contribution in [3.63, 3.8) is 0 Å². The molecule has 0 spiro atoms. The summed E-state index contributed by atoms with van der Waals surface area (Å²) in [4.78, 5) is 0. The lowest BCUT2D eigenvalue weighted by atomic mass is 9.89. The van der Waals surface area contributed by atoms with Crippen LogP contribution in [-0.4, -0.2) is 11.7 Å². The lowest BCUT2D eigenvalue weighted by Gasteiger charge is -2.15. The Morgan fingerprint density at radius 2 is 2.45 bits per heavy atom. The molecule has 1 fully saturated rings. The van der Waals surface area contributed by atoms with E-state index in [0.29, 0.717) is 12.0 Å². The van der Waals surface area contributed by atoms with Crippen molar-refractivity contribution < 1.29 is 5.11 Å². The first kappa shape index (κ1) is 7.35. The minimum absolute atomic E-state index is 0.291. The Bertz CT molecular complexity index is 205. The number of fused-ring (bicyclic) bond motifs is 1. The molecule has 1 heteroatoms. The van der Waals surface area contributed by atoms with Crippen LogP contribution in [-0.2, 0) is 0 Å². The summed E-state index contributed by atoms with van der Waals surface area (Å²) in [5.41, 5.74) is 1.89. The maximum atomic E-state index is 8.99. The standard InChI is InChI=1S/C10H16O/c1-7(2)10-4-3-8(6-11)9(10)5-10/h3,7,9,11H,4-6H2,1-2H3/t9-,10-/m1/s1. The van der Waals surface area contributed by atoms with Gasteiger partial charge < -0.3 is 5.11 Å². The molecule has 2 atom stereocenters. The minimum atomic E-state index is 0.291. The molecule has 2 aliphatic carbocycles. The molecule has 0 bridgehead atoms. The highest BCUT2D eigenvalue weighted by Gasteiger charge is 2.59. The van der Waals surface area contributed by atoms with Gasteiger partial charge in [-0.1, -0.05) is 19.9 Å². The Morgan fingerprint density at radius 1 is 1.73 bits per heavy atom. The molecule has 2 aliphatic rings. The van der Waals surface area contributed by atoms with Crippen molar-refractivity contribution >= 4 is 0 Å². The van der Waals surface area contributed by atoms with Crippen molar-refractivity contribution in [2.24, 2.45) is 17.3 Å². The molecule has 11 heavy (non-hydrogen) atoms. The van der Waals surface area contributed by atoms with Crippen molar-refractivity contribution in [2.75, 3.05) is 6.61 Å². The van der Waals surface area contributed by atoms with Crippen molar-refractivity contribution in [1.29, 1.82) is 0 Å². The van der Waals surface area contributed by atoms with Gasteiger partial charge in [-0.25, -0.2) is 0 Å². The summed E-state index contributed by atoms with van der Waals surface area (Å²) < 4.78 is 0. The fraction of sp³-hybridized carbons (Fsp3) is 0.800. The van der Waals surface area contributed by atoms with Crippen LogP contribution in [0.1, 0.15) is 26.7 Å². The van der Waals surface area contributed by atoms with Crippen LogP contribution in [0.15, 0.2) is 11.6 Å². The first-order valence-electron chi connectivity index (χ1n) is 4.50. The normalized spacial score (nSPS) is 40.7. The molecule has 0 heterocycles. The number of allylic oxidation sites excluding steroid dienone is 1. The maximum Gasteiger partial charge on any atom is 0.0644 e. The monoisotopic (exact) mass is 152 g/mol. The highest BCUT2D eigenvalue weighted by atomic mass is 16.3. The number of hydrogen-bond acceptors (Lipinski definition) is 1. The maximum absolute atomic E-state index is 8.99. The second-order valence-electron chi connectivity index (χ2n) is 4.29. The highest BCUT2D eigenvalue weighted by molar-refractivity contribution is 5.30. The van der Waals surface area contributed by atoms with Crippen molar-refractivity contribution in [3.05, 3.63) is 11.6 Å². The Kier molecular flexibility index (Phi) is 1.40. The fourth-order valence-corrected chi connectivity index (χ4v) is 2.56. The summed E-state index contributed by atoms with van der Waals surface area (Å²) in [6, 6.07) is 0. The zero-order valence-corrected chi connectivity index (χ0v) is 7.30. The number of rotatable bonds is 2. The van der Waals surface area contributed by atoms with E-state index in [1.54, 1.807) is 0 Å². The molecular weight excluding hydrogens is 136 g/mol. The van der Waals surface area contributed by atoms with Crippen LogP contribution in [0.25, 0.3) is 0 Å². The molecule has 0 radical (unpaired) electrons. The van der Waals surface area contributed by atoms with Gasteiger partial charge in [0.2, 0.25) is 0 Å². The second-order valence-corrected chi connectivity index (χ2v) is 4.29. The van der Waals surface area contributed by atoms with Gasteiger partial charge in [0.1, 0.15) is 0 Å². The van der Waals surface area contributed by atoms with Gasteiger partial charge in [0.15, 0.2) is 0 Å². The Labute approximate surface area is 68.1 Å². The van der Waals surface area contributed by atoms with Crippen LogP contribution in [0.2, 0.25) is 0 Å². The van der Waals surface area contributed by atoms with E-state index in [-0.39, 0.29) is 0 Å². The lowest BCUT2D eigenvalue weighted by Crippen LogP contribution is -2.08. The largest absolute Gasteiger partial charge is 0.392 e. The topological polar surface area (TPSA) is 20.2 Å². The van der Waals surface area contributed by atoms with Gasteiger partial charge in [0, 0.05) is 0 Å². The lowest BCUT2D eigenvalue weighted by molar-refractivity contribution is 0.313. The third-order valence-electron chi connectivity index (χ3n) is 3.64. The van der Waals surface area contributed by atoms with Crippen molar-refractivity contribution in [1.82, 2.24) is 0 Å². The number of hydrogen-bond donors (Lipinski definition) is 1. The van der Waals surface area contributed by atoms with E-state index in [1.807, 2.05) is 0 Å². The molecule has 1 saturated carbocycles. The summed E-state index contributed by atoms with van der Waals surface area (Å²) in [6.45, 7) is 4.89. The molecule has 1 N–H and O–H groups in total. The van der Waals surface area contributed by atoms with E-state index < -0.39 is 0 Å². The molecular formula is C10H16O. The quantitative estimate of drug-likeness (QED) is 0.600. The van der Waals surface area contributed by atoms with Gasteiger partial charge in [-0.3, -0.25) is 0 Å². The predicted molar refractivity (Wildman–Crippen MR) is 45.2 cm³/mol. The molecule has 0 unspecified atom stereocenters. The highest BCUT2D eigenvalue weighted by Crippen LogP contribution is 2.67. The number of aliphatic hydroxyl groups excluding tert-OH is 1. The van der Waals surface area contributed by atoms with Crippen LogP contribution in [0.3, 0.4) is 0 Å². The molecule has 0 aromatic carbocycles. The van der Waals surface area contributed by atoms with Crippen LogP contribution >= 0.6 is 0 Å². The molecule has 0 aliphatic heterocycles. The van der Waals surface area contributed by atoms with Crippen LogP contribution in [0, 0.1) is 17.3 Å². The minimum Gasteiger partial charge on any atom is -0.392 e. The molecule has 0 saturated heterocycles. The van der Waals surface area contributed by atoms with E-state index in [4.69, 9.17) is 5.11 Å². The van der Waals surface area contributed by atoms with E-state index in [1.165, 1.54) is 18.4 Å².